The van der Waals surface area contributed by atoms with E-state index >= 15 is 0 Å². The van der Waals surface area contributed by atoms with Crippen LogP contribution < -0.4 is 0 Å². The molecule has 0 aliphatic rings. The second kappa shape index (κ2) is 6.13. The number of nitrogens with zero attached hydrogens (tertiary/aromatic N) is 3. The molecule has 0 atom stereocenters. The monoisotopic (exact) mass is 391 g/mol. The van der Waals surface area contributed by atoms with E-state index in [1.54, 1.807) is 42.5 Å². The van der Waals surface area contributed by atoms with Crippen molar-refractivity contribution in [3.05, 3.63) is 70.5 Å². The molecule has 24 heavy (non-hydrogen) atoms. The standard InChI is InChI=1S/C17H9BrF3N3/c18-12-8-6-11(7-9-12)15-14(10-22)24(13-4-2-1-3-5-13)23-16(15)17(19,20)21/h1-9H. The number of para-hydroxylation sites is 1. The van der Waals surface area contributed by atoms with Crippen LogP contribution in [-0.2, 0) is 6.18 Å². The molecule has 3 nitrogen and oxygen atoms in total. The average Bonchev–Trinajstić information content (AvgIpc) is 2.96. The van der Waals surface area contributed by atoms with E-state index in [1.165, 1.54) is 12.1 Å². The van der Waals surface area contributed by atoms with Crippen molar-refractivity contribution in [2.75, 3.05) is 0 Å². The summed E-state index contributed by atoms with van der Waals surface area (Å²) in [4.78, 5) is 0. The number of hydrogen-bond donors (Lipinski definition) is 0. The van der Waals surface area contributed by atoms with Gasteiger partial charge >= 0.3 is 6.18 Å². The van der Waals surface area contributed by atoms with Gasteiger partial charge in [0.1, 0.15) is 6.07 Å². The van der Waals surface area contributed by atoms with Gasteiger partial charge in [0, 0.05) is 4.47 Å². The number of benzene rings is 2. The molecule has 0 saturated heterocycles. The summed E-state index contributed by atoms with van der Waals surface area (Å²) < 4.78 is 42.2. The maximum Gasteiger partial charge on any atom is 0.435 e. The third kappa shape index (κ3) is 2.93. The largest absolute Gasteiger partial charge is 0.435 e. The van der Waals surface area contributed by atoms with Gasteiger partial charge in [-0.3, -0.25) is 0 Å². The third-order valence-corrected chi connectivity index (χ3v) is 3.92. The number of hydrogen-bond acceptors (Lipinski definition) is 2. The lowest BCUT2D eigenvalue weighted by Gasteiger charge is -2.06. The number of rotatable bonds is 2. The summed E-state index contributed by atoms with van der Waals surface area (Å²) in [5.74, 6) is 0. The van der Waals surface area contributed by atoms with Crippen LogP contribution in [0.3, 0.4) is 0 Å². The molecule has 120 valence electrons. The average molecular weight is 392 g/mol. The Morgan fingerprint density at radius 3 is 2.17 bits per heavy atom. The third-order valence-electron chi connectivity index (χ3n) is 3.39. The van der Waals surface area contributed by atoms with Crippen molar-refractivity contribution in [2.45, 2.75) is 6.18 Å². The van der Waals surface area contributed by atoms with Gasteiger partial charge in [-0.25, -0.2) is 4.68 Å². The molecule has 2 aromatic carbocycles. The summed E-state index contributed by atoms with van der Waals surface area (Å²) >= 11 is 3.25. The van der Waals surface area contributed by atoms with Crippen molar-refractivity contribution in [1.82, 2.24) is 9.78 Å². The summed E-state index contributed by atoms with van der Waals surface area (Å²) in [6.07, 6.45) is -4.67. The molecule has 0 radical (unpaired) electrons. The zero-order valence-electron chi connectivity index (χ0n) is 12.0. The molecule has 0 bridgehead atoms. The Kier molecular flexibility index (Phi) is 4.16. The van der Waals surface area contributed by atoms with E-state index in [4.69, 9.17) is 0 Å². The Hall–Kier alpha value is -2.59. The van der Waals surface area contributed by atoms with Crippen molar-refractivity contribution < 1.29 is 13.2 Å². The van der Waals surface area contributed by atoms with Crippen LogP contribution in [-0.4, -0.2) is 9.78 Å². The second-order valence-electron chi connectivity index (χ2n) is 4.94. The van der Waals surface area contributed by atoms with Crippen LogP contribution in [0.25, 0.3) is 16.8 Å². The molecule has 0 aliphatic carbocycles. The second-order valence-corrected chi connectivity index (χ2v) is 5.85. The first-order valence-corrected chi connectivity index (χ1v) is 7.63. The Morgan fingerprint density at radius 1 is 1.00 bits per heavy atom. The molecule has 0 fully saturated rings. The van der Waals surface area contributed by atoms with Crippen LogP contribution in [0, 0.1) is 11.3 Å². The Bertz CT molecular complexity index is 907. The molecule has 1 aromatic heterocycles. The van der Waals surface area contributed by atoms with Gasteiger partial charge in [0.25, 0.3) is 0 Å². The predicted octanol–water partition coefficient (Wildman–Crippen LogP) is 5.19. The van der Waals surface area contributed by atoms with Gasteiger partial charge in [0.2, 0.25) is 0 Å². The summed E-state index contributed by atoms with van der Waals surface area (Å²) in [6, 6.07) is 16.4. The molecule has 0 aliphatic heterocycles. The van der Waals surface area contributed by atoms with E-state index < -0.39 is 11.9 Å². The Labute approximate surface area is 144 Å². The fourth-order valence-corrected chi connectivity index (χ4v) is 2.63. The maximum atomic E-state index is 13.5. The van der Waals surface area contributed by atoms with Gasteiger partial charge in [-0.15, -0.1) is 0 Å². The van der Waals surface area contributed by atoms with E-state index in [1.807, 2.05) is 6.07 Å². The number of halogens is 4. The Morgan fingerprint density at radius 2 is 1.62 bits per heavy atom. The first-order valence-electron chi connectivity index (χ1n) is 6.83. The summed E-state index contributed by atoms with van der Waals surface area (Å²) in [5, 5.41) is 13.1. The number of alkyl halides is 3. The summed E-state index contributed by atoms with van der Waals surface area (Å²) in [7, 11) is 0. The molecule has 7 heteroatoms. The quantitative estimate of drug-likeness (QED) is 0.602. The highest BCUT2D eigenvalue weighted by Crippen LogP contribution is 2.39. The fourth-order valence-electron chi connectivity index (χ4n) is 2.37. The molecule has 1 heterocycles. The SMILES string of the molecule is N#Cc1c(-c2ccc(Br)cc2)c(C(F)(F)F)nn1-c1ccccc1. The highest BCUT2D eigenvalue weighted by atomic mass is 79.9. The zero-order chi connectivity index (χ0) is 17.3. The zero-order valence-corrected chi connectivity index (χ0v) is 13.6. The van der Waals surface area contributed by atoms with E-state index in [9.17, 15) is 18.4 Å². The van der Waals surface area contributed by atoms with Gasteiger partial charge in [0.15, 0.2) is 11.4 Å². The van der Waals surface area contributed by atoms with Crippen LogP contribution in [0.5, 0.6) is 0 Å². The molecule has 3 rings (SSSR count). The van der Waals surface area contributed by atoms with Gasteiger partial charge in [0.05, 0.1) is 11.3 Å². The summed E-state index contributed by atoms with van der Waals surface area (Å²) in [5.41, 5.74) is -0.783. The van der Waals surface area contributed by atoms with E-state index in [0.717, 1.165) is 9.15 Å². The van der Waals surface area contributed by atoms with Crippen molar-refractivity contribution in [3.8, 4) is 22.9 Å². The van der Waals surface area contributed by atoms with Gasteiger partial charge in [-0.2, -0.15) is 23.5 Å². The van der Waals surface area contributed by atoms with E-state index in [-0.39, 0.29) is 16.8 Å². The smallest absolute Gasteiger partial charge is 0.222 e. The molecule has 0 spiro atoms. The van der Waals surface area contributed by atoms with Crippen molar-refractivity contribution in [1.29, 1.82) is 5.26 Å². The normalized spacial score (nSPS) is 11.3. The maximum absolute atomic E-state index is 13.5. The highest BCUT2D eigenvalue weighted by Gasteiger charge is 2.40. The molecule has 0 saturated carbocycles. The Balaban J connectivity index is 2.32. The van der Waals surface area contributed by atoms with Crippen LogP contribution in [0.4, 0.5) is 13.2 Å². The molecule has 0 amide bonds. The van der Waals surface area contributed by atoms with Crippen LogP contribution >= 0.6 is 15.9 Å². The topological polar surface area (TPSA) is 41.6 Å². The van der Waals surface area contributed by atoms with Crippen LogP contribution in [0.1, 0.15) is 11.4 Å². The van der Waals surface area contributed by atoms with Crippen molar-refractivity contribution >= 4 is 15.9 Å². The fraction of sp³-hybridized carbons (Fsp3) is 0.0588. The van der Waals surface area contributed by atoms with E-state index in [2.05, 4.69) is 21.0 Å². The van der Waals surface area contributed by atoms with Crippen molar-refractivity contribution in [3.63, 3.8) is 0 Å². The minimum absolute atomic E-state index is 0.157. The first kappa shape index (κ1) is 16.3. The van der Waals surface area contributed by atoms with E-state index in [0.29, 0.717) is 5.69 Å². The van der Waals surface area contributed by atoms with Gasteiger partial charge in [-0.1, -0.05) is 46.3 Å². The lowest BCUT2D eigenvalue weighted by Crippen LogP contribution is -2.08. The number of aromatic nitrogens is 2. The molecular formula is C17H9BrF3N3. The minimum Gasteiger partial charge on any atom is -0.222 e. The van der Waals surface area contributed by atoms with Crippen LogP contribution in [0.2, 0.25) is 0 Å². The summed E-state index contributed by atoms with van der Waals surface area (Å²) in [6.45, 7) is 0. The van der Waals surface area contributed by atoms with Crippen molar-refractivity contribution in [2.24, 2.45) is 0 Å². The lowest BCUT2D eigenvalue weighted by molar-refractivity contribution is -0.140. The number of nitriles is 1. The molecular weight excluding hydrogens is 383 g/mol. The molecule has 3 aromatic rings. The van der Waals surface area contributed by atoms with Gasteiger partial charge in [-0.05, 0) is 29.8 Å². The minimum atomic E-state index is -4.67. The first-order chi connectivity index (χ1) is 11.4. The molecule has 0 N–H and O–H groups in total. The molecule has 0 unspecified atom stereocenters. The predicted molar refractivity (Wildman–Crippen MR) is 86.4 cm³/mol. The lowest BCUT2D eigenvalue weighted by atomic mass is 10.0. The van der Waals surface area contributed by atoms with Crippen LogP contribution in [0.15, 0.2) is 59.1 Å². The highest BCUT2D eigenvalue weighted by molar-refractivity contribution is 9.10. The van der Waals surface area contributed by atoms with Gasteiger partial charge < -0.3 is 0 Å².